The topological polar surface area (TPSA) is 92.5 Å². The Balaban J connectivity index is 1.87. The van der Waals surface area contributed by atoms with E-state index in [1.54, 1.807) is 0 Å². The number of nitrogens with one attached hydrogen (secondary N) is 2. The van der Waals surface area contributed by atoms with Crippen LogP contribution in [0.25, 0.3) is 11.2 Å². The van der Waals surface area contributed by atoms with E-state index in [2.05, 4.69) is 34.9 Å². The first-order valence-electron chi connectivity index (χ1n) is 5.56. The molecule has 0 aliphatic heterocycles. The summed E-state index contributed by atoms with van der Waals surface area (Å²) < 4.78 is 42.4. The largest absolute Gasteiger partial charge is 0.437 e. The van der Waals surface area contributed by atoms with Gasteiger partial charge in [0.1, 0.15) is 11.8 Å². The van der Waals surface area contributed by atoms with Gasteiger partial charge in [0, 0.05) is 12.1 Å². The number of H-pyrrole nitrogens is 1. The van der Waals surface area contributed by atoms with Gasteiger partial charge in [-0.3, -0.25) is 0 Å². The molecule has 3 aromatic rings. The minimum absolute atomic E-state index is 0.0709. The zero-order chi connectivity index (χ0) is 15.0. The molecule has 0 bridgehead atoms. The highest BCUT2D eigenvalue weighted by Gasteiger charge is 2.37. The molecule has 3 rings (SSSR count). The quantitative estimate of drug-likeness (QED) is 0.721. The van der Waals surface area contributed by atoms with Crippen molar-refractivity contribution >= 4 is 28.6 Å². The van der Waals surface area contributed by atoms with Crippen LogP contribution in [0, 0.1) is 0 Å². The number of alkyl halides is 3. The molecule has 3 heterocycles. The van der Waals surface area contributed by atoms with Gasteiger partial charge in [-0.1, -0.05) is 5.16 Å². The lowest BCUT2D eigenvalue weighted by atomic mass is 10.2. The number of hydrogen-bond acceptors (Lipinski definition) is 6. The number of imidazole rings is 1. The number of aromatic amines is 1. The van der Waals surface area contributed by atoms with E-state index in [4.69, 9.17) is 11.6 Å². The molecule has 0 aromatic carbocycles. The number of rotatable bonds is 3. The molecule has 11 heteroatoms. The number of nitrogens with zero attached hydrogens (tertiary/aromatic N) is 4. The summed E-state index contributed by atoms with van der Waals surface area (Å²) in [6.45, 7) is -0.195. The summed E-state index contributed by atoms with van der Waals surface area (Å²) in [6.07, 6.45) is -2.29. The Kier molecular flexibility index (Phi) is 3.16. The van der Waals surface area contributed by atoms with Gasteiger partial charge in [-0.25, -0.2) is 4.98 Å². The fourth-order valence-corrected chi connectivity index (χ4v) is 1.89. The van der Waals surface area contributed by atoms with Crippen molar-refractivity contribution in [2.45, 2.75) is 12.7 Å². The van der Waals surface area contributed by atoms with Crippen molar-refractivity contribution in [2.75, 3.05) is 5.32 Å². The summed E-state index contributed by atoms with van der Waals surface area (Å²) in [6, 6.07) is 0. The summed E-state index contributed by atoms with van der Waals surface area (Å²) >= 11 is 5.72. The van der Waals surface area contributed by atoms with E-state index >= 15 is 0 Å². The maximum atomic E-state index is 12.7. The van der Waals surface area contributed by atoms with Crippen LogP contribution in [0.1, 0.15) is 11.3 Å². The Bertz CT molecular complexity index is 783. The molecule has 110 valence electrons. The van der Waals surface area contributed by atoms with E-state index in [9.17, 15) is 13.2 Å². The van der Waals surface area contributed by atoms with Crippen molar-refractivity contribution in [3.63, 3.8) is 0 Å². The monoisotopic (exact) mass is 318 g/mol. The first-order valence-corrected chi connectivity index (χ1v) is 5.94. The SMILES string of the molecule is FC(F)(F)c1nocc1CNc1nc(Cl)nc2nc[nH]c12. The number of hydrogen-bond donors (Lipinski definition) is 2. The van der Waals surface area contributed by atoms with Crippen molar-refractivity contribution in [1.82, 2.24) is 25.1 Å². The smallest absolute Gasteiger partial charge is 0.364 e. The van der Waals surface area contributed by atoms with Crippen LogP contribution in [0.2, 0.25) is 5.28 Å². The fraction of sp³-hybridized carbons (Fsp3) is 0.200. The number of fused-ring (bicyclic) bond motifs is 1. The second kappa shape index (κ2) is 4.88. The van der Waals surface area contributed by atoms with Crippen LogP contribution in [-0.2, 0) is 12.7 Å². The molecule has 7 nitrogen and oxygen atoms in total. The molecule has 0 aliphatic carbocycles. The predicted molar refractivity (Wildman–Crippen MR) is 65.5 cm³/mol. The summed E-state index contributed by atoms with van der Waals surface area (Å²) in [5.41, 5.74) is -0.496. The molecule has 0 atom stereocenters. The Morgan fingerprint density at radius 2 is 2.14 bits per heavy atom. The molecule has 0 saturated heterocycles. The Morgan fingerprint density at radius 3 is 2.90 bits per heavy atom. The fourth-order valence-electron chi connectivity index (χ4n) is 1.73. The molecule has 0 saturated carbocycles. The highest BCUT2D eigenvalue weighted by molar-refractivity contribution is 6.28. The molecule has 0 amide bonds. The summed E-state index contributed by atoms with van der Waals surface area (Å²) in [4.78, 5) is 14.4. The number of aromatic nitrogens is 5. The standard InChI is InChI=1S/C10H6ClF3N6O/c11-9-18-7(5-8(19-9)17-3-16-5)15-1-4-2-21-20-6(4)10(12,13)14/h2-3H,1H2,(H2,15,16,17,18,19). The Hall–Kier alpha value is -2.36. The molecular formula is C10H6ClF3N6O. The predicted octanol–water partition coefficient (Wildman–Crippen LogP) is 2.63. The molecule has 0 radical (unpaired) electrons. The third-order valence-electron chi connectivity index (χ3n) is 2.62. The van der Waals surface area contributed by atoms with Gasteiger partial charge in [0.05, 0.1) is 6.33 Å². The second-order valence-electron chi connectivity index (χ2n) is 3.98. The molecule has 21 heavy (non-hydrogen) atoms. The maximum Gasteiger partial charge on any atom is 0.437 e. The van der Waals surface area contributed by atoms with Crippen LogP contribution in [0.3, 0.4) is 0 Å². The zero-order valence-electron chi connectivity index (χ0n) is 10.1. The van der Waals surface area contributed by atoms with Gasteiger partial charge in [-0.15, -0.1) is 0 Å². The average Bonchev–Trinajstić information content (AvgIpc) is 3.02. The minimum atomic E-state index is -4.59. The molecule has 2 N–H and O–H groups in total. The van der Waals surface area contributed by atoms with Gasteiger partial charge >= 0.3 is 6.18 Å². The van der Waals surface area contributed by atoms with Gasteiger partial charge < -0.3 is 14.8 Å². The van der Waals surface area contributed by atoms with Crippen molar-refractivity contribution in [3.05, 3.63) is 29.1 Å². The molecule has 0 aliphatic rings. The van der Waals surface area contributed by atoms with Crippen LogP contribution < -0.4 is 5.32 Å². The maximum absolute atomic E-state index is 12.7. The third kappa shape index (κ3) is 2.61. The number of halogens is 4. The lowest BCUT2D eigenvalue weighted by Gasteiger charge is -2.07. The highest BCUT2D eigenvalue weighted by atomic mass is 35.5. The van der Waals surface area contributed by atoms with Gasteiger partial charge in [-0.05, 0) is 11.6 Å². The minimum Gasteiger partial charge on any atom is -0.364 e. The molecule has 0 fully saturated rings. The van der Waals surface area contributed by atoms with Gasteiger partial charge in [0.2, 0.25) is 5.28 Å². The zero-order valence-corrected chi connectivity index (χ0v) is 10.8. The lowest BCUT2D eigenvalue weighted by Crippen LogP contribution is -2.11. The molecule has 3 aromatic heterocycles. The van der Waals surface area contributed by atoms with Gasteiger partial charge in [0.25, 0.3) is 0 Å². The third-order valence-corrected chi connectivity index (χ3v) is 2.79. The summed E-state index contributed by atoms with van der Waals surface area (Å²) in [5.74, 6) is 0.233. The second-order valence-corrected chi connectivity index (χ2v) is 4.32. The Morgan fingerprint density at radius 1 is 1.33 bits per heavy atom. The lowest BCUT2D eigenvalue weighted by molar-refractivity contribution is -0.143. The van der Waals surface area contributed by atoms with Crippen LogP contribution in [0.5, 0.6) is 0 Å². The van der Waals surface area contributed by atoms with Gasteiger partial charge in [-0.2, -0.15) is 23.1 Å². The summed E-state index contributed by atoms with van der Waals surface area (Å²) in [7, 11) is 0. The normalized spacial score (nSPS) is 12.0. The van der Waals surface area contributed by atoms with E-state index in [0.29, 0.717) is 11.2 Å². The van der Waals surface area contributed by atoms with E-state index in [1.165, 1.54) is 6.33 Å². The first-order chi connectivity index (χ1) is 9.95. The molecule has 0 unspecified atom stereocenters. The van der Waals surface area contributed by atoms with E-state index in [1.807, 2.05) is 0 Å². The van der Waals surface area contributed by atoms with E-state index in [0.717, 1.165) is 6.26 Å². The van der Waals surface area contributed by atoms with E-state index < -0.39 is 11.9 Å². The Labute approximate surface area is 119 Å². The van der Waals surface area contributed by atoms with Gasteiger partial charge in [0.15, 0.2) is 17.2 Å². The van der Waals surface area contributed by atoms with E-state index in [-0.39, 0.29) is 23.2 Å². The van der Waals surface area contributed by atoms with Crippen LogP contribution >= 0.6 is 11.6 Å². The first kappa shape index (κ1) is 13.6. The van der Waals surface area contributed by atoms with Crippen molar-refractivity contribution in [3.8, 4) is 0 Å². The van der Waals surface area contributed by atoms with Crippen molar-refractivity contribution in [2.24, 2.45) is 0 Å². The highest BCUT2D eigenvalue weighted by Crippen LogP contribution is 2.31. The summed E-state index contributed by atoms with van der Waals surface area (Å²) in [5, 5.41) is 5.60. The van der Waals surface area contributed by atoms with Crippen LogP contribution in [0.4, 0.5) is 19.0 Å². The van der Waals surface area contributed by atoms with Crippen molar-refractivity contribution < 1.29 is 17.7 Å². The van der Waals surface area contributed by atoms with Crippen LogP contribution in [0.15, 0.2) is 17.1 Å². The number of anilines is 1. The van der Waals surface area contributed by atoms with Crippen molar-refractivity contribution in [1.29, 1.82) is 0 Å². The molecular weight excluding hydrogens is 313 g/mol. The van der Waals surface area contributed by atoms with Crippen LogP contribution in [-0.4, -0.2) is 25.1 Å². The molecule has 0 spiro atoms. The average molecular weight is 319 g/mol.